The van der Waals surface area contributed by atoms with E-state index in [9.17, 15) is 0 Å². The Labute approximate surface area is 92.1 Å². The van der Waals surface area contributed by atoms with Gasteiger partial charge in [-0.3, -0.25) is 0 Å². The summed E-state index contributed by atoms with van der Waals surface area (Å²) < 4.78 is 1.18. The third-order valence-electron chi connectivity index (χ3n) is 1.77. The molecule has 1 heterocycles. The van der Waals surface area contributed by atoms with Gasteiger partial charge in [-0.25, -0.2) is 9.98 Å². The van der Waals surface area contributed by atoms with Crippen molar-refractivity contribution in [3.05, 3.63) is 23.2 Å². The molecule has 0 saturated heterocycles. The van der Waals surface area contributed by atoms with E-state index in [0.717, 1.165) is 21.3 Å². The molecular formula is C10H10N2S2. The van der Waals surface area contributed by atoms with Crippen molar-refractivity contribution in [3.63, 3.8) is 0 Å². The first-order valence-corrected chi connectivity index (χ1v) is 5.53. The summed E-state index contributed by atoms with van der Waals surface area (Å²) in [7, 11) is 0. The second-order valence-corrected chi connectivity index (χ2v) is 4.93. The molecule has 2 nitrogen and oxygen atoms in total. The van der Waals surface area contributed by atoms with Gasteiger partial charge in [0.25, 0.3) is 0 Å². The van der Waals surface area contributed by atoms with Gasteiger partial charge < -0.3 is 0 Å². The number of hydrogen-bond donors (Lipinski definition) is 1. The number of aryl methyl sites for hydroxylation is 1. The van der Waals surface area contributed by atoms with Crippen molar-refractivity contribution < 1.29 is 0 Å². The molecule has 0 aliphatic carbocycles. The molecule has 0 fully saturated rings. The smallest absolute Gasteiger partial charge is 0.0907 e. The van der Waals surface area contributed by atoms with E-state index in [4.69, 9.17) is 0 Å². The van der Waals surface area contributed by atoms with Crippen molar-refractivity contribution in [2.45, 2.75) is 13.8 Å². The number of rotatable bonds is 1. The molecule has 0 atom stereocenters. The number of thiol groups is 1. The monoisotopic (exact) mass is 222 g/mol. The van der Waals surface area contributed by atoms with E-state index < -0.39 is 0 Å². The highest BCUT2D eigenvalue weighted by Gasteiger charge is 2.00. The Morgan fingerprint density at radius 2 is 2.29 bits per heavy atom. The Hall–Kier alpha value is -0.870. The van der Waals surface area contributed by atoms with E-state index in [1.54, 1.807) is 11.3 Å². The molecule has 0 saturated carbocycles. The molecule has 2 aromatic rings. The van der Waals surface area contributed by atoms with Crippen LogP contribution in [0.25, 0.3) is 10.2 Å². The van der Waals surface area contributed by atoms with Crippen molar-refractivity contribution >= 4 is 44.9 Å². The van der Waals surface area contributed by atoms with Gasteiger partial charge in [0.2, 0.25) is 0 Å². The van der Waals surface area contributed by atoms with Gasteiger partial charge in [0, 0.05) is 0 Å². The highest BCUT2D eigenvalue weighted by atomic mass is 32.1. The topological polar surface area (TPSA) is 25.2 Å². The van der Waals surface area contributed by atoms with Crippen LogP contribution in [-0.4, -0.2) is 10.0 Å². The minimum Gasteiger partial charge on any atom is -0.247 e. The Kier molecular flexibility index (Phi) is 2.56. The van der Waals surface area contributed by atoms with E-state index >= 15 is 0 Å². The van der Waals surface area contributed by atoms with E-state index in [-0.39, 0.29) is 0 Å². The van der Waals surface area contributed by atoms with Gasteiger partial charge in [-0.05, 0) is 32.0 Å². The van der Waals surface area contributed by atoms with Crippen LogP contribution in [0.4, 0.5) is 5.69 Å². The number of thiazole rings is 1. The first-order valence-electron chi connectivity index (χ1n) is 4.26. The largest absolute Gasteiger partial charge is 0.247 e. The van der Waals surface area contributed by atoms with Crippen LogP contribution in [0.15, 0.2) is 23.2 Å². The minimum atomic E-state index is 0.769. The van der Waals surface area contributed by atoms with E-state index in [2.05, 4.69) is 22.6 Å². The lowest BCUT2D eigenvalue weighted by Gasteiger charge is -1.93. The molecule has 14 heavy (non-hydrogen) atoms. The van der Waals surface area contributed by atoms with Crippen molar-refractivity contribution in [1.29, 1.82) is 0 Å². The van der Waals surface area contributed by atoms with Gasteiger partial charge in [-0.15, -0.1) is 24.0 Å². The Bertz CT molecular complexity index is 496. The lowest BCUT2D eigenvalue weighted by atomic mass is 10.3. The molecule has 0 radical (unpaired) electrons. The van der Waals surface area contributed by atoms with Crippen molar-refractivity contribution in [3.8, 4) is 0 Å². The molecule has 0 spiro atoms. The van der Waals surface area contributed by atoms with E-state index in [1.165, 1.54) is 4.70 Å². The third kappa shape index (κ3) is 1.96. The van der Waals surface area contributed by atoms with Gasteiger partial charge >= 0.3 is 0 Å². The summed E-state index contributed by atoms with van der Waals surface area (Å²) in [5.74, 6) is 0. The second kappa shape index (κ2) is 3.71. The fourth-order valence-corrected chi connectivity index (χ4v) is 2.26. The highest BCUT2D eigenvalue weighted by molar-refractivity contribution is 7.96. The fourth-order valence-electron chi connectivity index (χ4n) is 1.28. The molecule has 0 N–H and O–H groups in total. The summed E-state index contributed by atoms with van der Waals surface area (Å²) >= 11 is 5.83. The van der Waals surface area contributed by atoms with Crippen LogP contribution in [0.5, 0.6) is 0 Å². The lowest BCUT2D eigenvalue weighted by molar-refractivity contribution is 1.35. The molecule has 2 rings (SSSR count). The summed E-state index contributed by atoms with van der Waals surface area (Å²) in [6.07, 6.45) is 0. The summed E-state index contributed by atoms with van der Waals surface area (Å²) in [5.41, 5.74) is 1.98. The van der Waals surface area contributed by atoms with Crippen LogP contribution in [0.1, 0.15) is 11.9 Å². The van der Waals surface area contributed by atoms with Gasteiger partial charge in [-0.1, -0.05) is 0 Å². The number of fused-ring (bicyclic) bond motifs is 1. The summed E-state index contributed by atoms with van der Waals surface area (Å²) in [6, 6.07) is 6.00. The normalized spacial score (nSPS) is 12.4. The molecule has 4 heteroatoms. The Morgan fingerprint density at radius 1 is 1.50 bits per heavy atom. The predicted molar refractivity (Wildman–Crippen MR) is 66.1 cm³/mol. The first-order chi connectivity index (χ1) is 6.65. The zero-order valence-electron chi connectivity index (χ0n) is 7.98. The predicted octanol–water partition coefficient (Wildman–Crippen LogP) is 3.58. The molecule has 0 aliphatic heterocycles. The maximum Gasteiger partial charge on any atom is 0.0907 e. The first kappa shape index (κ1) is 9.68. The standard InChI is InChI=1S/C10H10N2S2/c1-6(13)11-8-3-4-9-10(5-8)14-7(2)12-9/h3-5H,1-2H3,(H,11,13). The maximum absolute atomic E-state index is 4.38. The average Bonchev–Trinajstić information content (AvgIpc) is 2.42. The van der Waals surface area contributed by atoms with Crippen LogP contribution >= 0.6 is 24.0 Å². The number of nitrogens with zero attached hydrogens (tertiary/aromatic N) is 2. The quantitative estimate of drug-likeness (QED) is 0.445. The van der Waals surface area contributed by atoms with Crippen LogP contribution < -0.4 is 0 Å². The van der Waals surface area contributed by atoms with Crippen LogP contribution in [0.2, 0.25) is 0 Å². The zero-order valence-corrected chi connectivity index (χ0v) is 9.69. The molecular weight excluding hydrogens is 212 g/mol. The van der Waals surface area contributed by atoms with Gasteiger partial charge in [-0.2, -0.15) is 0 Å². The summed E-state index contributed by atoms with van der Waals surface area (Å²) in [5, 5.41) is 1.86. The molecule has 0 bridgehead atoms. The fraction of sp³-hybridized carbons (Fsp3) is 0.200. The maximum atomic E-state index is 4.38. The average molecular weight is 222 g/mol. The van der Waals surface area contributed by atoms with Gasteiger partial charge in [0.05, 0.1) is 26.0 Å². The molecule has 0 aliphatic rings. The third-order valence-corrected chi connectivity index (χ3v) is 2.80. The van der Waals surface area contributed by atoms with Gasteiger partial charge in [0.15, 0.2) is 0 Å². The molecule has 1 aromatic heterocycles. The molecule has 1 aromatic carbocycles. The van der Waals surface area contributed by atoms with Crippen LogP contribution in [0, 0.1) is 6.92 Å². The molecule has 0 unspecified atom stereocenters. The number of hydrogen-bond acceptors (Lipinski definition) is 3. The van der Waals surface area contributed by atoms with Crippen molar-refractivity contribution in [2.24, 2.45) is 4.99 Å². The Morgan fingerprint density at radius 3 is 3.00 bits per heavy atom. The minimum absolute atomic E-state index is 0.769. The van der Waals surface area contributed by atoms with Crippen molar-refractivity contribution in [1.82, 2.24) is 4.98 Å². The van der Waals surface area contributed by atoms with Crippen molar-refractivity contribution in [2.75, 3.05) is 0 Å². The van der Waals surface area contributed by atoms with Crippen LogP contribution in [-0.2, 0) is 0 Å². The summed E-state index contributed by atoms with van der Waals surface area (Å²) in [4.78, 5) is 8.66. The number of aliphatic imine (C=N–C) groups is 1. The SMILES string of the molecule is C/C(S)=N\c1ccc2nc(C)sc2c1. The second-order valence-electron chi connectivity index (χ2n) is 3.04. The lowest BCUT2D eigenvalue weighted by Crippen LogP contribution is -1.74. The summed E-state index contributed by atoms with van der Waals surface area (Å²) in [6.45, 7) is 3.88. The van der Waals surface area contributed by atoms with E-state index in [1.807, 2.05) is 32.0 Å². The number of benzene rings is 1. The Balaban J connectivity index is 2.56. The van der Waals surface area contributed by atoms with Gasteiger partial charge in [0.1, 0.15) is 0 Å². The van der Waals surface area contributed by atoms with E-state index in [0.29, 0.717) is 0 Å². The zero-order chi connectivity index (χ0) is 10.1. The number of aromatic nitrogens is 1. The van der Waals surface area contributed by atoms with Crippen LogP contribution in [0.3, 0.4) is 0 Å². The molecule has 0 amide bonds. The molecule has 72 valence electrons. The highest BCUT2D eigenvalue weighted by Crippen LogP contribution is 2.26.